The van der Waals surface area contributed by atoms with Crippen molar-refractivity contribution in [3.8, 4) is 5.75 Å². The Balaban J connectivity index is 2.74. The highest BCUT2D eigenvalue weighted by molar-refractivity contribution is 5.92. The van der Waals surface area contributed by atoms with Crippen LogP contribution in [0, 0.1) is 5.82 Å². The van der Waals surface area contributed by atoms with Crippen LogP contribution in [-0.4, -0.2) is 25.6 Å². The van der Waals surface area contributed by atoms with Gasteiger partial charge in [0.1, 0.15) is 0 Å². The van der Waals surface area contributed by atoms with E-state index in [4.69, 9.17) is 10.5 Å². The predicted octanol–water partition coefficient (Wildman–Crippen LogP) is 2.31. The molecule has 1 amide bonds. The van der Waals surface area contributed by atoms with Gasteiger partial charge < -0.3 is 15.4 Å². The predicted molar refractivity (Wildman–Crippen MR) is 73.9 cm³/mol. The van der Waals surface area contributed by atoms with Gasteiger partial charge in [-0.25, -0.2) is 4.39 Å². The van der Waals surface area contributed by atoms with E-state index in [2.05, 4.69) is 0 Å². The summed E-state index contributed by atoms with van der Waals surface area (Å²) in [4.78, 5) is 13.4. The summed E-state index contributed by atoms with van der Waals surface area (Å²) in [7, 11) is 3.02. The van der Waals surface area contributed by atoms with Crippen LogP contribution >= 0.6 is 0 Å². The van der Waals surface area contributed by atoms with E-state index in [-0.39, 0.29) is 17.2 Å². The van der Waals surface area contributed by atoms with Crippen molar-refractivity contribution in [2.45, 2.75) is 32.2 Å². The zero-order valence-corrected chi connectivity index (χ0v) is 11.9. The first-order valence-electron chi connectivity index (χ1n) is 6.13. The molecule has 5 heteroatoms. The molecule has 0 unspecified atom stereocenters. The number of halogens is 1. The van der Waals surface area contributed by atoms with Gasteiger partial charge in [0.05, 0.1) is 7.11 Å². The van der Waals surface area contributed by atoms with Crippen molar-refractivity contribution < 1.29 is 13.9 Å². The van der Waals surface area contributed by atoms with Crippen molar-refractivity contribution in [3.05, 3.63) is 24.0 Å². The number of benzene rings is 1. The molecule has 0 heterocycles. The number of methoxy groups -OCH3 is 1. The summed E-state index contributed by atoms with van der Waals surface area (Å²) in [5, 5.41) is 0. The minimum absolute atomic E-state index is 0.0944. The number of anilines is 1. The Morgan fingerprint density at radius 2 is 2.11 bits per heavy atom. The molecule has 0 saturated carbocycles. The highest BCUT2D eigenvalue weighted by Crippen LogP contribution is 2.23. The molecular weight excluding hydrogens is 247 g/mol. The van der Waals surface area contributed by atoms with Gasteiger partial charge in [-0.05, 0) is 32.4 Å². The van der Waals surface area contributed by atoms with E-state index in [1.165, 1.54) is 24.1 Å². The van der Waals surface area contributed by atoms with Crippen LogP contribution in [0.3, 0.4) is 0 Å². The number of carbonyl (C=O) groups is 1. The number of nitrogens with two attached hydrogens (primary N) is 1. The number of hydrogen-bond acceptors (Lipinski definition) is 3. The number of carbonyl (C=O) groups excluding carboxylic acids is 1. The molecule has 0 aliphatic carbocycles. The lowest BCUT2D eigenvalue weighted by molar-refractivity contribution is -0.118. The van der Waals surface area contributed by atoms with Gasteiger partial charge in [0, 0.05) is 30.8 Å². The SMILES string of the molecule is COc1ccc(N(C)C(=O)CCC(C)(C)N)cc1F. The first-order valence-corrected chi connectivity index (χ1v) is 6.13. The van der Waals surface area contributed by atoms with Crippen LogP contribution < -0.4 is 15.4 Å². The summed E-state index contributed by atoms with van der Waals surface area (Å²) < 4.78 is 18.4. The monoisotopic (exact) mass is 268 g/mol. The molecule has 0 atom stereocenters. The molecule has 1 aromatic carbocycles. The molecule has 0 aromatic heterocycles. The maximum atomic E-state index is 13.6. The summed E-state index contributed by atoms with van der Waals surface area (Å²) in [6.07, 6.45) is 0.905. The van der Waals surface area contributed by atoms with Crippen LogP contribution in [0.25, 0.3) is 0 Å². The molecule has 106 valence electrons. The molecule has 0 spiro atoms. The number of rotatable bonds is 5. The number of hydrogen-bond donors (Lipinski definition) is 1. The van der Waals surface area contributed by atoms with Crippen molar-refractivity contribution in [2.24, 2.45) is 5.73 Å². The second-order valence-corrected chi connectivity index (χ2v) is 5.26. The van der Waals surface area contributed by atoms with Crippen LogP contribution in [0.4, 0.5) is 10.1 Å². The lowest BCUT2D eigenvalue weighted by Gasteiger charge is -2.22. The van der Waals surface area contributed by atoms with E-state index >= 15 is 0 Å². The van der Waals surface area contributed by atoms with E-state index < -0.39 is 5.82 Å². The standard InChI is InChI=1S/C14H21FN2O2/c1-14(2,16)8-7-13(18)17(3)10-5-6-12(19-4)11(15)9-10/h5-6,9H,7-8,16H2,1-4H3. The molecule has 0 bridgehead atoms. The van der Waals surface area contributed by atoms with Gasteiger partial charge in [-0.3, -0.25) is 4.79 Å². The number of ether oxygens (including phenoxy) is 1. The fourth-order valence-corrected chi connectivity index (χ4v) is 1.60. The Morgan fingerprint density at radius 1 is 1.47 bits per heavy atom. The Kier molecular flexibility index (Phi) is 4.89. The quantitative estimate of drug-likeness (QED) is 0.891. The van der Waals surface area contributed by atoms with Crippen molar-refractivity contribution in [2.75, 3.05) is 19.1 Å². The smallest absolute Gasteiger partial charge is 0.226 e. The molecule has 0 radical (unpaired) electrons. The third-order valence-corrected chi connectivity index (χ3v) is 2.88. The van der Waals surface area contributed by atoms with Gasteiger partial charge in [-0.2, -0.15) is 0 Å². The number of nitrogens with zero attached hydrogens (tertiary/aromatic N) is 1. The largest absolute Gasteiger partial charge is 0.494 e. The molecule has 1 aromatic rings. The van der Waals surface area contributed by atoms with Crippen molar-refractivity contribution in [3.63, 3.8) is 0 Å². The highest BCUT2D eigenvalue weighted by Gasteiger charge is 2.17. The highest BCUT2D eigenvalue weighted by atomic mass is 19.1. The molecule has 0 aliphatic rings. The van der Waals surface area contributed by atoms with Gasteiger partial charge in [0.15, 0.2) is 11.6 Å². The van der Waals surface area contributed by atoms with Crippen molar-refractivity contribution in [1.29, 1.82) is 0 Å². The molecule has 0 saturated heterocycles. The summed E-state index contributed by atoms with van der Waals surface area (Å²) in [5.74, 6) is -0.422. The van der Waals surface area contributed by atoms with Crippen LogP contribution in [-0.2, 0) is 4.79 Å². The lowest BCUT2D eigenvalue weighted by Crippen LogP contribution is -2.35. The Labute approximate surface area is 113 Å². The van der Waals surface area contributed by atoms with E-state index in [0.29, 0.717) is 18.5 Å². The first kappa shape index (κ1) is 15.4. The van der Waals surface area contributed by atoms with Gasteiger partial charge in [-0.15, -0.1) is 0 Å². The van der Waals surface area contributed by atoms with E-state index in [9.17, 15) is 9.18 Å². The van der Waals surface area contributed by atoms with Crippen LogP contribution in [0.15, 0.2) is 18.2 Å². The second-order valence-electron chi connectivity index (χ2n) is 5.26. The molecule has 4 nitrogen and oxygen atoms in total. The van der Waals surface area contributed by atoms with Gasteiger partial charge in [0.2, 0.25) is 5.91 Å². The molecule has 0 fully saturated rings. The minimum Gasteiger partial charge on any atom is -0.494 e. The molecular formula is C14H21FN2O2. The van der Waals surface area contributed by atoms with Gasteiger partial charge in [-0.1, -0.05) is 0 Å². The van der Waals surface area contributed by atoms with Crippen molar-refractivity contribution >= 4 is 11.6 Å². The molecule has 1 rings (SSSR count). The molecule has 2 N–H and O–H groups in total. The maximum Gasteiger partial charge on any atom is 0.226 e. The normalized spacial score (nSPS) is 11.3. The van der Waals surface area contributed by atoms with E-state index in [1.54, 1.807) is 13.1 Å². The topological polar surface area (TPSA) is 55.6 Å². The first-order chi connectivity index (χ1) is 8.74. The average Bonchev–Trinajstić information content (AvgIpc) is 2.34. The summed E-state index contributed by atoms with van der Waals surface area (Å²) in [5.41, 5.74) is 5.95. The Morgan fingerprint density at radius 3 is 2.58 bits per heavy atom. The lowest BCUT2D eigenvalue weighted by atomic mass is 10.00. The third-order valence-electron chi connectivity index (χ3n) is 2.88. The average molecular weight is 268 g/mol. The summed E-state index contributed by atoms with van der Waals surface area (Å²) >= 11 is 0. The molecule has 0 aliphatic heterocycles. The van der Waals surface area contributed by atoms with Crippen LogP contribution in [0.5, 0.6) is 5.75 Å². The maximum absolute atomic E-state index is 13.6. The van der Waals surface area contributed by atoms with Gasteiger partial charge in [0.25, 0.3) is 0 Å². The Bertz CT molecular complexity index is 455. The van der Waals surface area contributed by atoms with Crippen molar-refractivity contribution in [1.82, 2.24) is 0 Å². The van der Waals surface area contributed by atoms with Crippen LogP contribution in [0.2, 0.25) is 0 Å². The zero-order chi connectivity index (χ0) is 14.6. The van der Waals surface area contributed by atoms with E-state index in [1.807, 2.05) is 13.8 Å². The van der Waals surface area contributed by atoms with E-state index in [0.717, 1.165) is 0 Å². The van der Waals surface area contributed by atoms with Gasteiger partial charge >= 0.3 is 0 Å². The zero-order valence-electron chi connectivity index (χ0n) is 11.9. The number of amides is 1. The second kappa shape index (κ2) is 6.02. The fourth-order valence-electron chi connectivity index (χ4n) is 1.60. The summed E-state index contributed by atoms with van der Waals surface area (Å²) in [6, 6.07) is 4.43. The third kappa shape index (κ3) is 4.52. The molecule has 19 heavy (non-hydrogen) atoms. The minimum atomic E-state index is -0.487. The van der Waals surface area contributed by atoms with Crippen LogP contribution in [0.1, 0.15) is 26.7 Å². The fraction of sp³-hybridized carbons (Fsp3) is 0.500. The Hall–Kier alpha value is -1.62. The summed E-state index contributed by atoms with van der Waals surface area (Å²) in [6.45, 7) is 3.74.